The van der Waals surface area contributed by atoms with E-state index in [2.05, 4.69) is 16.5 Å². The van der Waals surface area contributed by atoms with Crippen molar-refractivity contribution in [1.29, 1.82) is 0 Å². The molecule has 212 valence electrons. The van der Waals surface area contributed by atoms with Crippen LogP contribution in [0.15, 0.2) is 48.5 Å². The number of carbonyl (C=O) groups excluding carboxylic acids is 2. The number of carbonyl (C=O) groups is 2. The van der Waals surface area contributed by atoms with E-state index in [0.29, 0.717) is 56.9 Å². The summed E-state index contributed by atoms with van der Waals surface area (Å²) in [4.78, 5) is 33.2. The minimum Gasteiger partial charge on any atom is -0.369 e. The molecule has 0 radical (unpaired) electrons. The second kappa shape index (κ2) is 13.3. The Bertz CT molecular complexity index is 1230. The number of benzene rings is 2. The number of piperidine rings is 1. The molecule has 39 heavy (non-hydrogen) atoms. The fourth-order valence-corrected chi connectivity index (χ4v) is 6.78. The van der Waals surface area contributed by atoms with Gasteiger partial charge in [-0.15, -0.1) is 0 Å². The summed E-state index contributed by atoms with van der Waals surface area (Å²) in [5.41, 5.74) is 2.77. The Labute approximate surface area is 233 Å². The average Bonchev–Trinajstić information content (AvgIpc) is 3.20. The van der Waals surface area contributed by atoms with Crippen molar-refractivity contribution in [3.63, 3.8) is 0 Å². The van der Waals surface area contributed by atoms with Crippen LogP contribution in [-0.2, 0) is 14.8 Å². The zero-order valence-electron chi connectivity index (χ0n) is 23.3. The van der Waals surface area contributed by atoms with Crippen molar-refractivity contribution in [3.8, 4) is 0 Å². The van der Waals surface area contributed by atoms with Gasteiger partial charge in [0, 0.05) is 50.6 Å². The lowest BCUT2D eigenvalue weighted by Crippen LogP contribution is -2.39. The quantitative estimate of drug-likeness (QED) is 0.486. The molecule has 2 amide bonds. The number of amides is 2. The zero-order valence-corrected chi connectivity index (χ0v) is 24.1. The topological polar surface area (TPSA) is 90.0 Å². The van der Waals surface area contributed by atoms with Gasteiger partial charge in [0.05, 0.1) is 17.2 Å². The molecule has 2 aromatic rings. The predicted molar refractivity (Wildman–Crippen MR) is 157 cm³/mol. The van der Waals surface area contributed by atoms with E-state index in [4.69, 9.17) is 0 Å². The van der Waals surface area contributed by atoms with E-state index < -0.39 is 10.0 Å². The molecule has 4 rings (SSSR count). The first-order valence-corrected chi connectivity index (χ1v) is 16.0. The van der Waals surface area contributed by atoms with E-state index in [1.54, 1.807) is 12.1 Å². The first kappa shape index (κ1) is 28.9. The van der Waals surface area contributed by atoms with Crippen molar-refractivity contribution < 1.29 is 18.0 Å². The van der Waals surface area contributed by atoms with Crippen LogP contribution in [0.1, 0.15) is 74.2 Å². The van der Waals surface area contributed by atoms with Gasteiger partial charge in [0.1, 0.15) is 0 Å². The van der Waals surface area contributed by atoms with E-state index >= 15 is 0 Å². The van der Waals surface area contributed by atoms with Crippen molar-refractivity contribution in [1.82, 2.24) is 9.80 Å². The molecule has 2 aromatic carbocycles. The molecule has 0 saturated carbocycles. The molecule has 0 spiro atoms. The number of likely N-dealkylation sites (tertiary alicyclic amines) is 1. The fourth-order valence-electron chi connectivity index (χ4n) is 5.65. The first-order valence-electron chi connectivity index (χ1n) is 14.4. The maximum Gasteiger partial charge on any atom is 0.256 e. The van der Waals surface area contributed by atoms with Gasteiger partial charge in [0.15, 0.2) is 0 Å². The second-order valence-corrected chi connectivity index (χ2v) is 12.4. The van der Waals surface area contributed by atoms with Gasteiger partial charge in [-0.3, -0.25) is 14.3 Å². The number of hydrogen-bond donors (Lipinski definition) is 1. The zero-order chi connectivity index (χ0) is 27.8. The summed E-state index contributed by atoms with van der Waals surface area (Å²) in [7, 11) is -3.48. The van der Waals surface area contributed by atoms with Crippen LogP contribution in [0.4, 0.5) is 11.4 Å². The number of anilines is 2. The third kappa shape index (κ3) is 7.32. The van der Waals surface area contributed by atoms with Gasteiger partial charge < -0.3 is 14.7 Å². The molecule has 1 unspecified atom stereocenters. The highest BCUT2D eigenvalue weighted by atomic mass is 32.2. The lowest BCUT2D eigenvalue weighted by atomic mass is 9.95. The summed E-state index contributed by atoms with van der Waals surface area (Å²) < 4.78 is 27.5. The van der Waals surface area contributed by atoms with Gasteiger partial charge in [-0.25, -0.2) is 8.42 Å². The Morgan fingerprint density at radius 3 is 2.26 bits per heavy atom. The number of rotatable bonds is 9. The van der Waals surface area contributed by atoms with Gasteiger partial charge in [0.25, 0.3) is 5.91 Å². The van der Waals surface area contributed by atoms with Gasteiger partial charge in [-0.05, 0) is 62.3 Å². The Kier molecular flexibility index (Phi) is 9.88. The molecule has 2 aliphatic rings. The van der Waals surface area contributed by atoms with E-state index in [-0.39, 0.29) is 23.5 Å². The van der Waals surface area contributed by atoms with Gasteiger partial charge >= 0.3 is 0 Å². The summed E-state index contributed by atoms with van der Waals surface area (Å²) in [6.45, 7) is 7.87. The molecular formula is C30H42N4O4S. The third-order valence-corrected chi connectivity index (χ3v) is 9.17. The highest BCUT2D eigenvalue weighted by Gasteiger charge is 2.29. The van der Waals surface area contributed by atoms with Crippen molar-refractivity contribution in [2.45, 2.75) is 58.3 Å². The summed E-state index contributed by atoms with van der Waals surface area (Å²) >= 11 is 0. The monoisotopic (exact) mass is 554 g/mol. The van der Waals surface area contributed by atoms with Crippen LogP contribution in [0.2, 0.25) is 0 Å². The molecule has 1 N–H and O–H groups in total. The number of nitrogens with one attached hydrogen (secondary N) is 1. The Morgan fingerprint density at radius 1 is 0.846 bits per heavy atom. The smallest absolute Gasteiger partial charge is 0.256 e. The Hall–Kier alpha value is -3.07. The molecular weight excluding hydrogens is 512 g/mol. The van der Waals surface area contributed by atoms with Crippen molar-refractivity contribution in [2.75, 3.05) is 54.6 Å². The van der Waals surface area contributed by atoms with Crippen LogP contribution in [0.25, 0.3) is 0 Å². The number of sulfonamides is 1. The predicted octanol–water partition coefficient (Wildman–Crippen LogP) is 4.70. The molecule has 9 heteroatoms. The summed E-state index contributed by atoms with van der Waals surface area (Å²) in [6, 6.07) is 15.2. The average molecular weight is 555 g/mol. The summed E-state index contributed by atoms with van der Waals surface area (Å²) in [6.07, 6.45) is 5.12. The summed E-state index contributed by atoms with van der Waals surface area (Å²) in [5, 5.41) is 0. The minimum absolute atomic E-state index is 0.0296. The molecule has 1 atom stereocenters. The van der Waals surface area contributed by atoms with E-state index in [1.165, 1.54) is 0 Å². The normalized spacial score (nSPS) is 17.4. The lowest BCUT2D eigenvalue weighted by Gasteiger charge is -2.31. The van der Waals surface area contributed by atoms with E-state index in [0.717, 1.165) is 43.4 Å². The van der Waals surface area contributed by atoms with Crippen LogP contribution < -0.4 is 9.62 Å². The highest BCUT2D eigenvalue weighted by molar-refractivity contribution is 7.92. The van der Waals surface area contributed by atoms with Gasteiger partial charge in [-0.1, -0.05) is 44.2 Å². The standard InChI is InChI=1S/C30H42N4O4S/c1-3-22-39(37,38)31-25-14-15-28(27(23-25)30(36)33-16-9-6-10-17-33)32-18-11-19-34(21-20-32)29(35)26(4-2)24-12-7-5-8-13-24/h5,7-8,12-15,23,26,31H,3-4,6,9-11,16-22H2,1-2H3. The molecule has 2 saturated heterocycles. The largest absolute Gasteiger partial charge is 0.369 e. The van der Waals surface area contributed by atoms with Gasteiger partial charge in [-0.2, -0.15) is 0 Å². The van der Waals surface area contributed by atoms with Crippen LogP contribution in [0.3, 0.4) is 0 Å². The SMILES string of the molecule is CCCS(=O)(=O)Nc1ccc(N2CCCN(C(=O)C(CC)c3ccccc3)CC2)c(C(=O)N2CCCCC2)c1. The Morgan fingerprint density at radius 2 is 1.56 bits per heavy atom. The van der Waals surface area contributed by atoms with Gasteiger partial charge in [0.2, 0.25) is 15.9 Å². The highest BCUT2D eigenvalue weighted by Crippen LogP contribution is 2.29. The van der Waals surface area contributed by atoms with Crippen molar-refractivity contribution >= 4 is 33.2 Å². The summed E-state index contributed by atoms with van der Waals surface area (Å²) in [5.74, 6) is -0.0455. The molecule has 2 heterocycles. The third-order valence-electron chi connectivity index (χ3n) is 7.67. The van der Waals surface area contributed by atoms with Crippen LogP contribution in [0, 0.1) is 0 Å². The molecule has 2 fully saturated rings. The first-order chi connectivity index (χ1) is 18.8. The minimum atomic E-state index is -3.48. The van der Waals surface area contributed by atoms with Crippen molar-refractivity contribution in [2.24, 2.45) is 0 Å². The second-order valence-electron chi connectivity index (χ2n) is 10.5. The van der Waals surface area contributed by atoms with Crippen LogP contribution in [-0.4, -0.2) is 75.1 Å². The number of nitrogens with zero attached hydrogens (tertiary/aromatic N) is 3. The number of hydrogen-bond acceptors (Lipinski definition) is 5. The molecule has 0 aliphatic carbocycles. The molecule has 0 bridgehead atoms. The molecule has 2 aliphatic heterocycles. The lowest BCUT2D eigenvalue weighted by molar-refractivity contribution is -0.132. The van der Waals surface area contributed by atoms with E-state index in [1.807, 2.05) is 53.1 Å². The maximum absolute atomic E-state index is 13.7. The molecule has 8 nitrogen and oxygen atoms in total. The van der Waals surface area contributed by atoms with E-state index in [9.17, 15) is 18.0 Å². The fraction of sp³-hybridized carbons (Fsp3) is 0.533. The Balaban J connectivity index is 1.56. The molecule has 0 aromatic heterocycles. The van der Waals surface area contributed by atoms with Crippen LogP contribution >= 0.6 is 0 Å². The van der Waals surface area contributed by atoms with Crippen molar-refractivity contribution in [3.05, 3.63) is 59.7 Å². The maximum atomic E-state index is 13.7. The van der Waals surface area contributed by atoms with Crippen LogP contribution in [0.5, 0.6) is 0 Å².